The smallest absolute Gasteiger partial charge is 0.358 e. The quantitative estimate of drug-likeness (QED) is 0.902. The SMILES string of the molecule is N[C@H]1CCCN(OC(=O)[C@H](O)c2ccccc2)[C@H]1c1ccccc1. The molecule has 0 amide bonds. The van der Waals surface area contributed by atoms with Crippen LogP contribution in [0.5, 0.6) is 0 Å². The van der Waals surface area contributed by atoms with E-state index in [4.69, 9.17) is 10.6 Å². The maximum Gasteiger partial charge on any atom is 0.358 e. The lowest BCUT2D eigenvalue weighted by molar-refractivity contribution is -0.220. The van der Waals surface area contributed by atoms with Crippen LogP contribution < -0.4 is 5.73 Å². The zero-order chi connectivity index (χ0) is 16.9. The third-order valence-corrected chi connectivity index (χ3v) is 4.32. The molecule has 1 aliphatic heterocycles. The molecule has 0 saturated carbocycles. The second kappa shape index (κ2) is 7.57. The van der Waals surface area contributed by atoms with Crippen LogP contribution in [0.3, 0.4) is 0 Å². The molecule has 3 N–H and O–H groups in total. The average molecular weight is 326 g/mol. The van der Waals surface area contributed by atoms with Crippen molar-refractivity contribution in [3.63, 3.8) is 0 Å². The van der Waals surface area contributed by atoms with Crippen molar-refractivity contribution in [1.29, 1.82) is 0 Å². The van der Waals surface area contributed by atoms with Crippen LogP contribution in [-0.2, 0) is 9.63 Å². The van der Waals surface area contributed by atoms with Gasteiger partial charge in [-0.25, -0.2) is 4.79 Å². The topological polar surface area (TPSA) is 75.8 Å². The molecule has 1 heterocycles. The molecule has 0 aliphatic carbocycles. The van der Waals surface area contributed by atoms with Crippen LogP contribution in [0.2, 0.25) is 0 Å². The third kappa shape index (κ3) is 3.64. The monoisotopic (exact) mass is 326 g/mol. The summed E-state index contributed by atoms with van der Waals surface area (Å²) in [5.41, 5.74) is 7.79. The minimum Gasteiger partial charge on any atom is -0.377 e. The molecule has 0 radical (unpaired) electrons. The molecule has 0 bridgehead atoms. The van der Waals surface area contributed by atoms with Crippen molar-refractivity contribution in [3.8, 4) is 0 Å². The first-order valence-corrected chi connectivity index (χ1v) is 8.19. The van der Waals surface area contributed by atoms with Gasteiger partial charge in [-0.3, -0.25) is 0 Å². The summed E-state index contributed by atoms with van der Waals surface area (Å²) in [6.07, 6.45) is 0.411. The first-order valence-electron chi connectivity index (χ1n) is 8.19. The highest BCUT2D eigenvalue weighted by Crippen LogP contribution is 2.31. The summed E-state index contributed by atoms with van der Waals surface area (Å²) in [4.78, 5) is 17.8. The summed E-state index contributed by atoms with van der Waals surface area (Å²) in [5, 5.41) is 11.8. The van der Waals surface area contributed by atoms with Gasteiger partial charge in [-0.15, -0.1) is 5.06 Å². The van der Waals surface area contributed by atoms with E-state index in [1.54, 1.807) is 29.3 Å². The van der Waals surface area contributed by atoms with E-state index in [-0.39, 0.29) is 12.1 Å². The van der Waals surface area contributed by atoms with Gasteiger partial charge in [0.1, 0.15) is 0 Å². The molecule has 1 fully saturated rings. The van der Waals surface area contributed by atoms with Crippen LogP contribution in [-0.4, -0.2) is 28.7 Å². The second-order valence-electron chi connectivity index (χ2n) is 6.03. The van der Waals surface area contributed by atoms with Crippen molar-refractivity contribution in [2.75, 3.05) is 6.54 Å². The lowest BCUT2D eigenvalue weighted by Gasteiger charge is -2.38. The maximum atomic E-state index is 12.3. The van der Waals surface area contributed by atoms with Crippen LogP contribution in [0.4, 0.5) is 0 Å². The Labute approximate surface area is 141 Å². The van der Waals surface area contributed by atoms with E-state index >= 15 is 0 Å². The Kier molecular flexibility index (Phi) is 5.25. The van der Waals surface area contributed by atoms with Gasteiger partial charge in [0.05, 0.1) is 6.04 Å². The van der Waals surface area contributed by atoms with Gasteiger partial charge >= 0.3 is 5.97 Å². The van der Waals surface area contributed by atoms with Crippen molar-refractivity contribution in [3.05, 3.63) is 71.8 Å². The number of hydroxylamine groups is 2. The van der Waals surface area contributed by atoms with Gasteiger partial charge in [0.15, 0.2) is 6.10 Å². The van der Waals surface area contributed by atoms with Crippen molar-refractivity contribution in [2.45, 2.75) is 31.0 Å². The summed E-state index contributed by atoms with van der Waals surface area (Å²) >= 11 is 0. The minimum absolute atomic E-state index is 0.122. The Balaban J connectivity index is 1.75. The number of carbonyl (C=O) groups excluding carboxylic acids is 1. The zero-order valence-corrected chi connectivity index (χ0v) is 13.4. The van der Waals surface area contributed by atoms with Crippen LogP contribution in [0.1, 0.15) is 36.1 Å². The van der Waals surface area contributed by atoms with Gasteiger partial charge in [-0.1, -0.05) is 60.7 Å². The number of nitrogens with zero attached hydrogens (tertiary/aromatic N) is 1. The van der Waals surface area contributed by atoms with E-state index in [0.29, 0.717) is 12.1 Å². The van der Waals surface area contributed by atoms with Gasteiger partial charge in [0, 0.05) is 12.6 Å². The van der Waals surface area contributed by atoms with Gasteiger partial charge in [0.2, 0.25) is 0 Å². The number of hydrogen-bond acceptors (Lipinski definition) is 5. The molecular formula is C19H22N2O3. The van der Waals surface area contributed by atoms with Gasteiger partial charge in [-0.2, -0.15) is 0 Å². The van der Waals surface area contributed by atoms with Crippen LogP contribution >= 0.6 is 0 Å². The number of carbonyl (C=O) groups is 1. The van der Waals surface area contributed by atoms with E-state index in [9.17, 15) is 9.90 Å². The first-order chi connectivity index (χ1) is 11.7. The summed E-state index contributed by atoms with van der Waals surface area (Å²) in [6, 6.07) is 18.2. The standard InChI is InChI=1S/C19H22N2O3/c20-16-12-7-13-21(17(16)14-8-3-1-4-9-14)24-19(23)18(22)15-10-5-2-6-11-15/h1-6,8-11,16-18,22H,7,12-13,20H2/t16-,17-,18+/m0/s1. The molecule has 3 atom stereocenters. The number of aliphatic hydroxyl groups is 1. The molecule has 0 aromatic heterocycles. The lowest BCUT2D eigenvalue weighted by atomic mass is 9.93. The largest absolute Gasteiger partial charge is 0.377 e. The summed E-state index contributed by atoms with van der Waals surface area (Å²) in [7, 11) is 0. The Hall–Kier alpha value is -2.21. The molecule has 1 aliphatic rings. The molecule has 5 nitrogen and oxygen atoms in total. The van der Waals surface area contributed by atoms with Crippen molar-refractivity contribution < 1.29 is 14.7 Å². The lowest BCUT2D eigenvalue weighted by Crippen LogP contribution is -2.47. The molecule has 2 aromatic rings. The highest BCUT2D eigenvalue weighted by atomic mass is 16.7. The van der Waals surface area contributed by atoms with E-state index in [1.807, 2.05) is 36.4 Å². The zero-order valence-electron chi connectivity index (χ0n) is 13.4. The van der Waals surface area contributed by atoms with Gasteiger partial charge in [0.25, 0.3) is 0 Å². The predicted octanol–water partition coefficient (Wildman–Crippen LogP) is 2.34. The third-order valence-electron chi connectivity index (χ3n) is 4.32. The molecule has 24 heavy (non-hydrogen) atoms. The number of piperidine rings is 1. The number of nitrogens with two attached hydrogens (primary N) is 1. The number of benzene rings is 2. The van der Waals surface area contributed by atoms with Gasteiger partial charge < -0.3 is 15.7 Å². The van der Waals surface area contributed by atoms with E-state index in [2.05, 4.69) is 0 Å². The summed E-state index contributed by atoms with van der Waals surface area (Å²) < 4.78 is 0. The Morgan fingerprint density at radius 3 is 2.42 bits per heavy atom. The summed E-state index contributed by atoms with van der Waals surface area (Å²) in [5.74, 6) is -0.684. The molecule has 3 rings (SSSR count). The van der Waals surface area contributed by atoms with Crippen molar-refractivity contribution in [2.24, 2.45) is 5.73 Å². The van der Waals surface area contributed by atoms with E-state index in [0.717, 1.165) is 18.4 Å². The Morgan fingerprint density at radius 2 is 1.75 bits per heavy atom. The first kappa shape index (κ1) is 16.6. The average Bonchev–Trinajstić information content (AvgIpc) is 2.62. The molecule has 2 aromatic carbocycles. The molecule has 1 saturated heterocycles. The molecule has 126 valence electrons. The fourth-order valence-corrected chi connectivity index (χ4v) is 3.10. The van der Waals surface area contributed by atoms with Crippen LogP contribution in [0, 0.1) is 0 Å². The molecular weight excluding hydrogens is 304 g/mol. The highest BCUT2D eigenvalue weighted by molar-refractivity contribution is 5.76. The summed E-state index contributed by atoms with van der Waals surface area (Å²) in [6.45, 7) is 0.598. The number of aliphatic hydroxyl groups excluding tert-OH is 1. The number of rotatable bonds is 4. The highest BCUT2D eigenvalue weighted by Gasteiger charge is 2.34. The molecule has 0 spiro atoms. The normalized spacial score (nSPS) is 22.8. The number of hydrogen-bond donors (Lipinski definition) is 2. The van der Waals surface area contributed by atoms with Crippen molar-refractivity contribution in [1.82, 2.24) is 5.06 Å². The van der Waals surface area contributed by atoms with Crippen LogP contribution in [0.25, 0.3) is 0 Å². The second-order valence-corrected chi connectivity index (χ2v) is 6.03. The Morgan fingerprint density at radius 1 is 1.12 bits per heavy atom. The maximum absolute atomic E-state index is 12.3. The fraction of sp³-hybridized carbons (Fsp3) is 0.316. The van der Waals surface area contributed by atoms with E-state index < -0.39 is 12.1 Å². The van der Waals surface area contributed by atoms with Crippen LogP contribution in [0.15, 0.2) is 60.7 Å². The van der Waals surface area contributed by atoms with E-state index in [1.165, 1.54) is 0 Å². The van der Waals surface area contributed by atoms with Gasteiger partial charge in [-0.05, 0) is 24.0 Å². The Bertz CT molecular complexity index is 663. The fourth-order valence-electron chi connectivity index (χ4n) is 3.10. The molecule has 0 unspecified atom stereocenters. The minimum atomic E-state index is -1.30. The predicted molar refractivity (Wildman–Crippen MR) is 90.6 cm³/mol. The molecule has 5 heteroatoms. The van der Waals surface area contributed by atoms with Crippen molar-refractivity contribution >= 4 is 5.97 Å².